The fourth-order valence-corrected chi connectivity index (χ4v) is 2.24. The molecule has 0 amide bonds. The van der Waals surface area contributed by atoms with Gasteiger partial charge in [0, 0.05) is 32.3 Å². The van der Waals surface area contributed by atoms with Crippen LogP contribution in [0.4, 0.5) is 0 Å². The molecule has 1 aliphatic rings. The molecule has 1 aromatic rings. The van der Waals surface area contributed by atoms with Crippen molar-refractivity contribution in [3.63, 3.8) is 0 Å². The van der Waals surface area contributed by atoms with E-state index in [9.17, 15) is 0 Å². The smallest absolute Gasteiger partial charge is 0.117 e. The minimum Gasteiger partial charge on any atom is -0.468 e. The first-order valence-corrected chi connectivity index (χ1v) is 5.85. The predicted molar refractivity (Wildman–Crippen MR) is 62.1 cm³/mol. The first-order chi connectivity index (χ1) is 7.79. The quantitative estimate of drug-likeness (QED) is 0.820. The number of hydrogen-bond acceptors (Lipinski definition) is 4. The zero-order valence-electron chi connectivity index (χ0n) is 9.80. The van der Waals surface area contributed by atoms with Gasteiger partial charge in [0.05, 0.1) is 12.8 Å². The van der Waals surface area contributed by atoms with E-state index in [0.29, 0.717) is 6.04 Å². The standard InChI is InChI=1S/C12H20N2O2/c1-13-5-6-14(9-11(13)4-7-15)10-12-3-2-8-16-12/h2-3,8,11,15H,4-7,9-10H2,1H3. The van der Waals surface area contributed by atoms with Crippen LogP contribution >= 0.6 is 0 Å². The summed E-state index contributed by atoms with van der Waals surface area (Å²) >= 11 is 0. The second-order valence-corrected chi connectivity index (χ2v) is 4.46. The Bertz CT molecular complexity index is 300. The lowest BCUT2D eigenvalue weighted by atomic mass is 10.1. The van der Waals surface area contributed by atoms with Crippen LogP contribution in [0.1, 0.15) is 12.2 Å². The summed E-state index contributed by atoms with van der Waals surface area (Å²) in [6.07, 6.45) is 2.57. The van der Waals surface area contributed by atoms with Crippen molar-refractivity contribution in [2.45, 2.75) is 19.0 Å². The maximum absolute atomic E-state index is 9.02. The molecule has 0 aliphatic carbocycles. The lowest BCUT2D eigenvalue weighted by molar-refractivity contribution is 0.0703. The van der Waals surface area contributed by atoms with Crippen LogP contribution in [-0.2, 0) is 6.54 Å². The van der Waals surface area contributed by atoms with Gasteiger partial charge >= 0.3 is 0 Å². The largest absolute Gasteiger partial charge is 0.468 e. The van der Waals surface area contributed by atoms with E-state index in [1.54, 1.807) is 6.26 Å². The second kappa shape index (κ2) is 5.48. The molecule has 0 radical (unpaired) electrons. The van der Waals surface area contributed by atoms with Gasteiger partial charge in [0.25, 0.3) is 0 Å². The van der Waals surface area contributed by atoms with Crippen LogP contribution in [0.2, 0.25) is 0 Å². The highest BCUT2D eigenvalue weighted by atomic mass is 16.3. The van der Waals surface area contributed by atoms with Crippen molar-refractivity contribution in [3.05, 3.63) is 24.2 Å². The van der Waals surface area contributed by atoms with Crippen LogP contribution in [0.3, 0.4) is 0 Å². The zero-order chi connectivity index (χ0) is 11.4. The highest BCUT2D eigenvalue weighted by molar-refractivity contribution is 4.98. The van der Waals surface area contributed by atoms with Crippen molar-refractivity contribution >= 4 is 0 Å². The average Bonchev–Trinajstić information content (AvgIpc) is 2.76. The van der Waals surface area contributed by atoms with Crippen molar-refractivity contribution in [2.75, 3.05) is 33.3 Å². The highest BCUT2D eigenvalue weighted by Gasteiger charge is 2.23. The van der Waals surface area contributed by atoms with Gasteiger partial charge in [-0.1, -0.05) is 0 Å². The van der Waals surface area contributed by atoms with Crippen molar-refractivity contribution in [2.24, 2.45) is 0 Å². The predicted octanol–water partition coefficient (Wildman–Crippen LogP) is 0.778. The topological polar surface area (TPSA) is 39.9 Å². The number of rotatable bonds is 4. The minimum atomic E-state index is 0.267. The molecule has 2 rings (SSSR count). The summed E-state index contributed by atoms with van der Waals surface area (Å²) in [7, 11) is 2.13. The van der Waals surface area contributed by atoms with Crippen LogP contribution in [0.25, 0.3) is 0 Å². The van der Waals surface area contributed by atoms with Crippen molar-refractivity contribution in [1.82, 2.24) is 9.80 Å². The summed E-state index contributed by atoms with van der Waals surface area (Å²) < 4.78 is 5.35. The molecular weight excluding hydrogens is 204 g/mol. The molecule has 2 heterocycles. The summed E-state index contributed by atoms with van der Waals surface area (Å²) in [4.78, 5) is 4.72. The average molecular weight is 224 g/mol. The molecule has 1 atom stereocenters. The number of aliphatic hydroxyl groups is 1. The van der Waals surface area contributed by atoms with Crippen molar-refractivity contribution in [3.8, 4) is 0 Å². The zero-order valence-corrected chi connectivity index (χ0v) is 9.80. The molecule has 1 aliphatic heterocycles. The van der Waals surface area contributed by atoms with Gasteiger partial charge in [-0.3, -0.25) is 4.90 Å². The fraction of sp³-hybridized carbons (Fsp3) is 0.667. The third kappa shape index (κ3) is 2.84. The van der Waals surface area contributed by atoms with Crippen LogP contribution in [0.15, 0.2) is 22.8 Å². The Balaban J connectivity index is 1.87. The van der Waals surface area contributed by atoms with Crippen LogP contribution in [0.5, 0.6) is 0 Å². The number of likely N-dealkylation sites (N-methyl/N-ethyl adjacent to an activating group) is 1. The Labute approximate surface area is 96.5 Å². The summed E-state index contributed by atoms with van der Waals surface area (Å²) in [5.41, 5.74) is 0. The summed E-state index contributed by atoms with van der Waals surface area (Å²) in [5.74, 6) is 1.02. The van der Waals surface area contributed by atoms with Crippen molar-refractivity contribution in [1.29, 1.82) is 0 Å². The molecule has 1 fully saturated rings. The number of aliphatic hydroxyl groups excluding tert-OH is 1. The minimum absolute atomic E-state index is 0.267. The van der Waals surface area contributed by atoms with E-state index in [-0.39, 0.29) is 6.61 Å². The van der Waals surface area contributed by atoms with E-state index in [1.165, 1.54) is 0 Å². The van der Waals surface area contributed by atoms with Crippen LogP contribution < -0.4 is 0 Å². The van der Waals surface area contributed by atoms with E-state index in [1.807, 2.05) is 12.1 Å². The van der Waals surface area contributed by atoms with Gasteiger partial charge in [-0.25, -0.2) is 0 Å². The number of furan rings is 1. The van der Waals surface area contributed by atoms with Gasteiger partial charge in [-0.05, 0) is 25.6 Å². The van der Waals surface area contributed by atoms with Gasteiger partial charge in [0.1, 0.15) is 5.76 Å². The van der Waals surface area contributed by atoms with E-state index in [0.717, 1.165) is 38.4 Å². The number of nitrogens with zero attached hydrogens (tertiary/aromatic N) is 2. The monoisotopic (exact) mass is 224 g/mol. The Hall–Kier alpha value is -0.840. The molecule has 90 valence electrons. The van der Waals surface area contributed by atoms with E-state index >= 15 is 0 Å². The van der Waals surface area contributed by atoms with Crippen molar-refractivity contribution < 1.29 is 9.52 Å². The van der Waals surface area contributed by atoms with Crippen LogP contribution in [-0.4, -0.2) is 54.2 Å². The Morgan fingerprint density at radius 2 is 2.38 bits per heavy atom. The molecule has 0 spiro atoms. The van der Waals surface area contributed by atoms with E-state index < -0.39 is 0 Å². The molecule has 16 heavy (non-hydrogen) atoms. The number of hydrogen-bond donors (Lipinski definition) is 1. The maximum Gasteiger partial charge on any atom is 0.117 e. The van der Waals surface area contributed by atoms with Gasteiger partial charge in [0.2, 0.25) is 0 Å². The number of piperazine rings is 1. The third-order valence-electron chi connectivity index (χ3n) is 3.28. The summed E-state index contributed by atoms with van der Waals surface area (Å²) in [5, 5.41) is 9.02. The fourth-order valence-electron chi connectivity index (χ4n) is 2.24. The molecule has 1 saturated heterocycles. The summed E-state index contributed by atoms with van der Waals surface area (Å²) in [6.45, 7) is 4.29. The molecule has 0 bridgehead atoms. The Morgan fingerprint density at radius 3 is 3.06 bits per heavy atom. The van der Waals surface area contributed by atoms with E-state index in [4.69, 9.17) is 9.52 Å². The lowest BCUT2D eigenvalue weighted by Crippen LogP contribution is -2.51. The molecule has 0 aromatic carbocycles. The first-order valence-electron chi connectivity index (χ1n) is 5.85. The van der Waals surface area contributed by atoms with Gasteiger partial charge in [-0.2, -0.15) is 0 Å². The molecule has 4 heteroatoms. The highest BCUT2D eigenvalue weighted by Crippen LogP contribution is 2.14. The second-order valence-electron chi connectivity index (χ2n) is 4.46. The molecule has 0 saturated carbocycles. The Kier molecular flexibility index (Phi) is 3.98. The van der Waals surface area contributed by atoms with Gasteiger partial charge < -0.3 is 14.4 Å². The first kappa shape index (κ1) is 11.6. The van der Waals surface area contributed by atoms with Gasteiger partial charge in [-0.15, -0.1) is 0 Å². The molecule has 4 nitrogen and oxygen atoms in total. The van der Waals surface area contributed by atoms with Crippen LogP contribution in [0, 0.1) is 0 Å². The SMILES string of the molecule is CN1CCN(Cc2ccco2)CC1CCO. The normalized spacial score (nSPS) is 23.8. The third-order valence-corrected chi connectivity index (χ3v) is 3.28. The van der Waals surface area contributed by atoms with Gasteiger partial charge in [0.15, 0.2) is 0 Å². The van der Waals surface area contributed by atoms with E-state index in [2.05, 4.69) is 16.8 Å². The summed E-state index contributed by atoms with van der Waals surface area (Å²) in [6, 6.07) is 4.41. The Morgan fingerprint density at radius 1 is 1.50 bits per heavy atom. The molecule has 1 N–H and O–H groups in total. The lowest BCUT2D eigenvalue weighted by Gasteiger charge is -2.39. The molecular formula is C12H20N2O2. The molecule has 1 unspecified atom stereocenters. The maximum atomic E-state index is 9.02. The molecule has 1 aromatic heterocycles.